The first-order valence-electron chi connectivity index (χ1n) is 5.72. The van der Waals surface area contributed by atoms with Crippen LogP contribution in [0, 0.1) is 10.1 Å². The van der Waals surface area contributed by atoms with Gasteiger partial charge in [-0.25, -0.2) is 9.78 Å². The van der Waals surface area contributed by atoms with Crippen molar-refractivity contribution in [3.8, 4) is 5.69 Å². The number of nitrogens with zero attached hydrogens (tertiary/aromatic N) is 3. The molecule has 1 aromatic carbocycles. The van der Waals surface area contributed by atoms with E-state index in [0.29, 0.717) is 0 Å². The summed E-state index contributed by atoms with van der Waals surface area (Å²) in [7, 11) is 1.41. The lowest BCUT2D eigenvalue weighted by molar-refractivity contribution is -0.384. The van der Waals surface area contributed by atoms with E-state index in [-0.39, 0.29) is 22.6 Å². The van der Waals surface area contributed by atoms with Crippen LogP contribution in [-0.4, -0.2) is 38.5 Å². The van der Waals surface area contributed by atoms with E-state index in [1.54, 1.807) is 0 Å². The average molecular weight is 290 g/mol. The van der Waals surface area contributed by atoms with E-state index in [1.165, 1.54) is 23.7 Å². The summed E-state index contributed by atoms with van der Waals surface area (Å²) >= 11 is 0. The maximum absolute atomic E-state index is 11.5. The minimum atomic E-state index is -1.24. The Morgan fingerprint density at radius 2 is 2.14 bits per heavy atom. The van der Waals surface area contributed by atoms with Gasteiger partial charge in [-0.2, -0.15) is 0 Å². The molecule has 9 heteroatoms. The first kappa shape index (κ1) is 14.2. The van der Waals surface area contributed by atoms with Crippen molar-refractivity contribution in [2.24, 2.45) is 0 Å². The predicted octanol–water partition coefficient (Wildman–Crippen LogP) is 0.838. The molecule has 2 aromatic rings. The highest BCUT2D eigenvalue weighted by Gasteiger charge is 2.19. The molecular weight excluding hydrogens is 280 g/mol. The standard InChI is InChI=1S/C12H10N4O5/c1-13-11(17)7-2-3-9(10(4-7)16(20)21)15-5-8(12(18)19)14-6-15/h2-6H,1H3,(H,13,17)(H,18,19). The van der Waals surface area contributed by atoms with E-state index in [1.807, 2.05) is 0 Å². The van der Waals surface area contributed by atoms with Gasteiger partial charge < -0.3 is 10.4 Å². The molecule has 21 heavy (non-hydrogen) atoms. The third kappa shape index (κ3) is 2.71. The molecule has 108 valence electrons. The molecule has 2 N–H and O–H groups in total. The number of carboxylic acid groups (broad SMARTS) is 1. The van der Waals surface area contributed by atoms with E-state index in [0.717, 1.165) is 18.6 Å². The molecule has 1 amide bonds. The van der Waals surface area contributed by atoms with E-state index in [2.05, 4.69) is 10.3 Å². The zero-order valence-corrected chi connectivity index (χ0v) is 10.8. The van der Waals surface area contributed by atoms with Crippen LogP contribution in [0.4, 0.5) is 5.69 Å². The van der Waals surface area contributed by atoms with Crippen LogP contribution in [0.3, 0.4) is 0 Å². The van der Waals surface area contributed by atoms with E-state index in [9.17, 15) is 19.7 Å². The SMILES string of the molecule is CNC(=O)c1ccc(-n2cnc(C(=O)O)c2)c([N+](=O)[O-])c1. The highest BCUT2D eigenvalue weighted by Crippen LogP contribution is 2.24. The summed E-state index contributed by atoms with van der Waals surface area (Å²) < 4.78 is 1.22. The Balaban J connectivity index is 2.54. The molecule has 2 rings (SSSR count). The number of nitrogens with one attached hydrogen (secondary N) is 1. The lowest BCUT2D eigenvalue weighted by Gasteiger charge is -2.05. The van der Waals surface area contributed by atoms with Gasteiger partial charge in [0, 0.05) is 24.9 Å². The Morgan fingerprint density at radius 1 is 1.43 bits per heavy atom. The maximum Gasteiger partial charge on any atom is 0.356 e. The predicted molar refractivity (Wildman–Crippen MR) is 70.6 cm³/mol. The number of nitro groups is 1. The number of carbonyl (C=O) groups excluding carboxylic acids is 1. The Labute approximate surface area is 118 Å². The molecule has 1 heterocycles. The summed E-state index contributed by atoms with van der Waals surface area (Å²) in [6, 6.07) is 3.88. The number of carboxylic acids is 1. The largest absolute Gasteiger partial charge is 0.476 e. The van der Waals surface area contributed by atoms with Crippen LogP contribution in [0.15, 0.2) is 30.7 Å². The molecule has 0 saturated heterocycles. The summed E-state index contributed by atoms with van der Waals surface area (Å²) in [5.41, 5.74) is -0.315. The molecule has 0 atom stereocenters. The van der Waals surface area contributed by atoms with Crippen LogP contribution in [0.2, 0.25) is 0 Å². The fourth-order valence-electron chi connectivity index (χ4n) is 1.74. The van der Waals surface area contributed by atoms with Gasteiger partial charge in [0.15, 0.2) is 5.69 Å². The molecule has 0 spiro atoms. The Hall–Kier alpha value is -3.23. The zero-order valence-electron chi connectivity index (χ0n) is 10.8. The van der Waals surface area contributed by atoms with Crippen LogP contribution in [0.25, 0.3) is 5.69 Å². The number of imidazole rings is 1. The van der Waals surface area contributed by atoms with Crippen molar-refractivity contribution in [3.63, 3.8) is 0 Å². The molecule has 1 aromatic heterocycles. The smallest absolute Gasteiger partial charge is 0.356 e. The highest BCUT2D eigenvalue weighted by atomic mass is 16.6. The fourth-order valence-corrected chi connectivity index (χ4v) is 1.74. The molecule has 0 aliphatic rings. The van der Waals surface area contributed by atoms with Gasteiger partial charge in [0.2, 0.25) is 0 Å². The summed E-state index contributed by atoms with van der Waals surface area (Å²) in [4.78, 5) is 36.4. The summed E-state index contributed by atoms with van der Waals surface area (Å²) in [6.07, 6.45) is 2.32. The van der Waals surface area contributed by atoms with Gasteiger partial charge in [-0.3, -0.25) is 19.5 Å². The Morgan fingerprint density at radius 3 is 2.67 bits per heavy atom. The van der Waals surface area contributed by atoms with Crippen LogP contribution in [0.1, 0.15) is 20.8 Å². The molecule has 9 nitrogen and oxygen atoms in total. The fraction of sp³-hybridized carbons (Fsp3) is 0.0833. The van der Waals surface area contributed by atoms with Crippen LogP contribution >= 0.6 is 0 Å². The number of rotatable bonds is 4. The molecule has 0 saturated carbocycles. The van der Waals surface area contributed by atoms with Crippen molar-refractivity contribution in [3.05, 3.63) is 52.1 Å². The quantitative estimate of drug-likeness (QED) is 0.634. The van der Waals surface area contributed by atoms with Gasteiger partial charge in [0.25, 0.3) is 11.6 Å². The van der Waals surface area contributed by atoms with Crippen molar-refractivity contribution in [2.45, 2.75) is 0 Å². The number of hydrogen-bond acceptors (Lipinski definition) is 5. The van der Waals surface area contributed by atoms with E-state index >= 15 is 0 Å². The number of aromatic nitrogens is 2. The number of nitro benzene ring substituents is 1. The Kier molecular flexibility index (Phi) is 3.65. The number of amides is 1. The maximum atomic E-state index is 11.5. The average Bonchev–Trinajstić information content (AvgIpc) is 2.95. The molecular formula is C12H10N4O5. The van der Waals surface area contributed by atoms with Crippen molar-refractivity contribution in [1.82, 2.24) is 14.9 Å². The van der Waals surface area contributed by atoms with Crippen molar-refractivity contribution < 1.29 is 19.6 Å². The number of hydrogen-bond donors (Lipinski definition) is 2. The van der Waals surface area contributed by atoms with Gasteiger partial charge in [-0.05, 0) is 12.1 Å². The van der Waals surface area contributed by atoms with Crippen molar-refractivity contribution in [2.75, 3.05) is 7.05 Å². The summed E-state index contributed by atoms with van der Waals surface area (Å²) in [5, 5.41) is 22.3. The lowest BCUT2D eigenvalue weighted by atomic mass is 10.1. The molecule has 0 aliphatic heterocycles. The van der Waals surface area contributed by atoms with Gasteiger partial charge in [-0.15, -0.1) is 0 Å². The normalized spacial score (nSPS) is 10.1. The van der Waals surface area contributed by atoms with Crippen LogP contribution in [0.5, 0.6) is 0 Å². The first-order chi connectivity index (χ1) is 9.93. The first-order valence-corrected chi connectivity index (χ1v) is 5.72. The second kappa shape index (κ2) is 5.41. The van der Waals surface area contributed by atoms with Gasteiger partial charge in [-0.1, -0.05) is 0 Å². The van der Waals surface area contributed by atoms with Gasteiger partial charge in [0.05, 0.1) is 4.92 Å². The molecule has 0 aliphatic carbocycles. The van der Waals surface area contributed by atoms with E-state index in [4.69, 9.17) is 5.11 Å². The number of carbonyl (C=O) groups is 2. The van der Waals surface area contributed by atoms with Gasteiger partial charge in [0.1, 0.15) is 12.0 Å². The third-order valence-corrected chi connectivity index (χ3v) is 2.74. The van der Waals surface area contributed by atoms with Crippen LogP contribution in [-0.2, 0) is 0 Å². The zero-order chi connectivity index (χ0) is 15.6. The number of benzene rings is 1. The Bertz CT molecular complexity index is 737. The van der Waals surface area contributed by atoms with Crippen molar-refractivity contribution >= 4 is 17.6 Å². The second-order valence-electron chi connectivity index (χ2n) is 4.01. The summed E-state index contributed by atoms with van der Waals surface area (Å²) in [6.45, 7) is 0. The molecule has 0 unspecified atom stereocenters. The topological polar surface area (TPSA) is 127 Å². The summed E-state index contributed by atoms with van der Waals surface area (Å²) in [5.74, 6) is -1.69. The lowest BCUT2D eigenvalue weighted by Crippen LogP contribution is -2.18. The second-order valence-corrected chi connectivity index (χ2v) is 4.01. The highest BCUT2D eigenvalue weighted by molar-refractivity contribution is 5.95. The third-order valence-electron chi connectivity index (χ3n) is 2.74. The van der Waals surface area contributed by atoms with Crippen molar-refractivity contribution in [1.29, 1.82) is 0 Å². The minimum absolute atomic E-state index is 0.118. The molecule has 0 bridgehead atoms. The number of aromatic carboxylic acids is 1. The van der Waals surface area contributed by atoms with Crippen LogP contribution < -0.4 is 5.32 Å². The molecule has 0 fully saturated rings. The molecule has 0 radical (unpaired) electrons. The van der Waals surface area contributed by atoms with E-state index < -0.39 is 16.8 Å². The van der Waals surface area contributed by atoms with Gasteiger partial charge >= 0.3 is 5.97 Å². The monoisotopic (exact) mass is 290 g/mol. The minimum Gasteiger partial charge on any atom is -0.476 e.